The van der Waals surface area contributed by atoms with Crippen molar-refractivity contribution >= 4 is 21.4 Å². The standard InChI is InChI=1S/C12H20N2O2S/c1-8-7-11(9(2)6-10(8)13)14-17(15,16)12(3,4)5/h6-7,14H,13H2,1-5H3. The Labute approximate surface area is 103 Å². The summed E-state index contributed by atoms with van der Waals surface area (Å²) < 4.78 is 25.8. The van der Waals surface area contributed by atoms with Gasteiger partial charge in [0.05, 0.1) is 10.4 Å². The van der Waals surface area contributed by atoms with Crippen molar-refractivity contribution in [3.05, 3.63) is 23.3 Å². The molecule has 0 aliphatic heterocycles. The van der Waals surface area contributed by atoms with Crippen LogP contribution < -0.4 is 10.5 Å². The molecular weight excluding hydrogens is 236 g/mol. The highest BCUT2D eigenvalue weighted by atomic mass is 32.2. The maximum absolute atomic E-state index is 12.0. The lowest BCUT2D eigenvalue weighted by Crippen LogP contribution is -2.33. The quantitative estimate of drug-likeness (QED) is 0.798. The molecule has 5 heteroatoms. The van der Waals surface area contributed by atoms with Crippen molar-refractivity contribution in [2.75, 3.05) is 10.5 Å². The third-order valence-corrected chi connectivity index (χ3v) is 4.76. The number of nitrogen functional groups attached to an aromatic ring is 1. The van der Waals surface area contributed by atoms with Gasteiger partial charge in [0.25, 0.3) is 0 Å². The van der Waals surface area contributed by atoms with Crippen molar-refractivity contribution in [1.82, 2.24) is 0 Å². The molecule has 0 spiro atoms. The van der Waals surface area contributed by atoms with Crippen LogP contribution in [0.2, 0.25) is 0 Å². The minimum absolute atomic E-state index is 0.589. The number of sulfonamides is 1. The largest absolute Gasteiger partial charge is 0.399 e. The average molecular weight is 256 g/mol. The van der Waals surface area contributed by atoms with Crippen molar-refractivity contribution in [3.8, 4) is 0 Å². The molecule has 1 aromatic rings. The van der Waals surface area contributed by atoms with E-state index in [0.29, 0.717) is 11.4 Å². The van der Waals surface area contributed by atoms with Crippen molar-refractivity contribution in [3.63, 3.8) is 0 Å². The number of hydrogen-bond acceptors (Lipinski definition) is 3. The van der Waals surface area contributed by atoms with Gasteiger partial charge in [-0.1, -0.05) is 0 Å². The zero-order chi connectivity index (χ0) is 13.4. The predicted octanol–water partition coefficient (Wildman–Crippen LogP) is 2.43. The fraction of sp³-hybridized carbons (Fsp3) is 0.500. The van der Waals surface area contributed by atoms with Crippen molar-refractivity contribution in [2.24, 2.45) is 0 Å². The number of rotatable bonds is 2. The zero-order valence-electron chi connectivity index (χ0n) is 11.0. The van der Waals surface area contributed by atoms with Crippen LogP contribution in [0.25, 0.3) is 0 Å². The summed E-state index contributed by atoms with van der Waals surface area (Å²) in [5.74, 6) is 0. The summed E-state index contributed by atoms with van der Waals surface area (Å²) in [6.45, 7) is 8.67. The van der Waals surface area contributed by atoms with Crippen LogP contribution in [0.3, 0.4) is 0 Å². The lowest BCUT2D eigenvalue weighted by atomic mass is 10.1. The molecule has 4 nitrogen and oxygen atoms in total. The minimum Gasteiger partial charge on any atom is -0.399 e. The maximum Gasteiger partial charge on any atom is 0.237 e. The van der Waals surface area contributed by atoms with E-state index in [2.05, 4.69) is 4.72 Å². The molecule has 0 atom stereocenters. The Morgan fingerprint density at radius 1 is 1.12 bits per heavy atom. The molecule has 0 aliphatic rings. The first-order valence-electron chi connectivity index (χ1n) is 5.43. The molecule has 0 bridgehead atoms. The Bertz CT molecular complexity index is 528. The molecule has 0 aromatic heterocycles. The molecule has 0 saturated heterocycles. The SMILES string of the molecule is Cc1cc(NS(=O)(=O)C(C)(C)C)c(C)cc1N. The molecule has 0 radical (unpaired) electrons. The van der Waals surface area contributed by atoms with Crippen LogP contribution in [-0.4, -0.2) is 13.2 Å². The second-order valence-corrected chi connectivity index (χ2v) is 7.68. The average Bonchev–Trinajstić information content (AvgIpc) is 2.12. The van der Waals surface area contributed by atoms with Crippen LogP contribution >= 0.6 is 0 Å². The Balaban J connectivity index is 3.18. The van der Waals surface area contributed by atoms with Gasteiger partial charge in [-0.05, 0) is 57.9 Å². The first-order chi connectivity index (χ1) is 7.54. The van der Waals surface area contributed by atoms with E-state index in [4.69, 9.17) is 5.73 Å². The molecule has 1 aromatic carbocycles. The molecular formula is C12H20N2O2S. The van der Waals surface area contributed by atoms with Crippen LogP contribution in [0.15, 0.2) is 12.1 Å². The normalized spacial score (nSPS) is 12.5. The summed E-state index contributed by atoms with van der Waals surface area (Å²) in [7, 11) is -3.39. The number of benzene rings is 1. The maximum atomic E-state index is 12.0. The van der Waals surface area contributed by atoms with Gasteiger partial charge in [0.1, 0.15) is 0 Å². The summed E-state index contributed by atoms with van der Waals surface area (Å²) in [5, 5.41) is 0. The van der Waals surface area contributed by atoms with Crippen LogP contribution in [0.1, 0.15) is 31.9 Å². The summed E-state index contributed by atoms with van der Waals surface area (Å²) in [6.07, 6.45) is 0. The van der Waals surface area contributed by atoms with Gasteiger partial charge in [0, 0.05) is 5.69 Å². The highest BCUT2D eigenvalue weighted by Gasteiger charge is 2.29. The van der Waals surface area contributed by atoms with Gasteiger partial charge in [0.2, 0.25) is 10.0 Å². The number of hydrogen-bond donors (Lipinski definition) is 2. The third-order valence-electron chi connectivity index (χ3n) is 2.66. The molecule has 96 valence electrons. The van der Waals surface area contributed by atoms with Crippen molar-refractivity contribution < 1.29 is 8.42 Å². The van der Waals surface area contributed by atoms with Crippen molar-refractivity contribution in [2.45, 2.75) is 39.4 Å². The highest BCUT2D eigenvalue weighted by Crippen LogP contribution is 2.26. The Morgan fingerprint density at radius 2 is 1.65 bits per heavy atom. The van der Waals surface area contributed by atoms with E-state index in [-0.39, 0.29) is 0 Å². The van der Waals surface area contributed by atoms with E-state index in [1.807, 2.05) is 13.8 Å². The molecule has 1 rings (SSSR count). The van der Waals surface area contributed by atoms with Crippen LogP contribution in [0.5, 0.6) is 0 Å². The fourth-order valence-electron chi connectivity index (χ4n) is 1.25. The van der Waals surface area contributed by atoms with Crippen LogP contribution in [-0.2, 0) is 10.0 Å². The summed E-state index contributed by atoms with van der Waals surface area (Å²) in [6, 6.07) is 3.53. The minimum atomic E-state index is -3.39. The molecule has 0 unspecified atom stereocenters. The lowest BCUT2D eigenvalue weighted by Gasteiger charge is -2.21. The molecule has 0 amide bonds. The third kappa shape index (κ3) is 2.91. The Hall–Kier alpha value is -1.23. The molecule has 3 N–H and O–H groups in total. The second kappa shape index (κ2) is 4.22. The molecule has 0 heterocycles. The zero-order valence-corrected chi connectivity index (χ0v) is 11.8. The molecule has 0 saturated carbocycles. The van der Waals surface area contributed by atoms with E-state index < -0.39 is 14.8 Å². The summed E-state index contributed by atoms with van der Waals surface area (Å²) in [5.41, 5.74) is 8.70. The highest BCUT2D eigenvalue weighted by molar-refractivity contribution is 7.94. The monoisotopic (exact) mass is 256 g/mol. The van der Waals surface area contributed by atoms with Gasteiger partial charge in [0.15, 0.2) is 0 Å². The molecule has 0 aliphatic carbocycles. The smallest absolute Gasteiger partial charge is 0.237 e. The van der Waals surface area contributed by atoms with E-state index in [9.17, 15) is 8.42 Å². The first kappa shape index (κ1) is 13.8. The van der Waals surface area contributed by atoms with E-state index >= 15 is 0 Å². The van der Waals surface area contributed by atoms with E-state index in [0.717, 1.165) is 11.1 Å². The van der Waals surface area contributed by atoms with E-state index in [1.165, 1.54) is 0 Å². The Kier molecular flexibility index (Phi) is 3.43. The topological polar surface area (TPSA) is 72.2 Å². The number of anilines is 2. The van der Waals surface area contributed by atoms with Gasteiger partial charge in [-0.2, -0.15) is 0 Å². The van der Waals surface area contributed by atoms with Crippen molar-refractivity contribution in [1.29, 1.82) is 0 Å². The fourth-order valence-corrected chi connectivity index (χ4v) is 2.06. The van der Waals surface area contributed by atoms with Gasteiger partial charge < -0.3 is 5.73 Å². The predicted molar refractivity (Wildman–Crippen MR) is 72.6 cm³/mol. The number of nitrogens with two attached hydrogens (primary N) is 1. The van der Waals surface area contributed by atoms with Gasteiger partial charge >= 0.3 is 0 Å². The summed E-state index contributed by atoms with van der Waals surface area (Å²) in [4.78, 5) is 0. The van der Waals surface area contributed by atoms with Gasteiger partial charge in [-0.15, -0.1) is 0 Å². The van der Waals surface area contributed by atoms with Crippen LogP contribution in [0.4, 0.5) is 11.4 Å². The summed E-state index contributed by atoms with van der Waals surface area (Å²) >= 11 is 0. The Morgan fingerprint density at radius 3 is 2.12 bits per heavy atom. The second-order valence-electron chi connectivity index (χ2n) is 5.24. The molecule has 17 heavy (non-hydrogen) atoms. The van der Waals surface area contributed by atoms with Crippen LogP contribution in [0, 0.1) is 13.8 Å². The molecule has 0 fully saturated rings. The van der Waals surface area contributed by atoms with E-state index in [1.54, 1.807) is 32.9 Å². The lowest BCUT2D eigenvalue weighted by molar-refractivity contribution is 0.566. The van der Waals surface area contributed by atoms with Gasteiger partial charge in [-0.3, -0.25) is 4.72 Å². The number of nitrogens with one attached hydrogen (secondary N) is 1. The number of aryl methyl sites for hydroxylation is 2. The van der Waals surface area contributed by atoms with Gasteiger partial charge in [-0.25, -0.2) is 8.42 Å². The first-order valence-corrected chi connectivity index (χ1v) is 6.92.